The van der Waals surface area contributed by atoms with Gasteiger partial charge in [-0.25, -0.2) is 18.5 Å². The van der Waals surface area contributed by atoms with Crippen molar-refractivity contribution in [2.24, 2.45) is 5.14 Å². The second kappa shape index (κ2) is 5.38. The summed E-state index contributed by atoms with van der Waals surface area (Å²) in [5, 5.41) is 6.26. The first kappa shape index (κ1) is 14.1. The Kier molecular flexibility index (Phi) is 4.00. The van der Waals surface area contributed by atoms with Crippen LogP contribution in [0.1, 0.15) is 0 Å². The SMILES string of the molecule is Nc1ccc(S(N)(=O)=O)cc1Sc1ccc(Cl)cn1. The number of primary sulfonamides is 1. The van der Waals surface area contributed by atoms with Crippen LogP contribution in [0.4, 0.5) is 5.69 Å². The predicted octanol–water partition coefficient (Wildman–Crippen LogP) is 2.12. The Hall–Kier alpha value is -1.28. The zero-order valence-corrected chi connectivity index (χ0v) is 12.0. The highest BCUT2D eigenvalue weighted by Gasteiger charge is 2.11. The Bertz CT molecular complexity index is 702. The van der Waals surface area contributed by atoms with Crippen molar-refractivity contribution >= 4 is 39.1 Å². The smallest absolute Gasteiger partial charge is 0.238 e. The molecular formula is C11H10ClN3O2S2. The molecule has 1 aromatic carbocycles. The van der Waals surface area contributed by atoms with E-state index in [0.29, 0.717) is 20.6 Å². The zero-order valence-electron chi connectivity index (χ0n) is 9.58. The molecule has 0 amide bonds. The Morgan fingerprint density at radius 1 is 1.21 bits per heavy atom. The number of nitrogens with two attached hydrogens (primary N) is 2. The summed E-state index contributed by atoms with van der Waals surface area (Å²) in [4.78, 5) is 4.68. The van der Waals surface area contributed by atoms with Crippen molar-refractivity contribution in [1.29, 1.82) is 0 Å². The van der Waals surface area contributed by atoms with Gasteiger partial charge in [0.2, 0.25) is 10.0 Å². The number of hydrogen-bond acceptors (Lipinski definition) is 5. The van der Waals surface area contributed by atoms with E-state index in [-0.39, 0.29) is 4.90 Å². The number of halogens is 1. The molecule has 0 atom stereocenters. The van der Waals surface area contributed by atoms with Crippen LogP contribution in [0.2, 0.25) is 5.02 Å². The molecule has 100 valence electrons. The molecule has 8 heteroatoms. The quantitative estimate of drug-likeness (QED) is 0.845. The van der Waals surface area contributed by atoms with Gasteiger partial charge in [-0.2, -0.15) is 0 Å². The number of benzene rings is 1. The molecule has 0 aliphatic heterocycles. The van der Waals surface area contributed by atoms with Gasteiger partial charge in [0.15, 0.2) is 0 Å². The second-order valence-electron chi connectivity index (χ2n) is 3.66. The van der Waals surface area contributed by atoms with Crippen LogP contribution in [0.5, 0.6) is 0 Å². The molecule has 0 aliphatic rings. The molecule has 2 aromatic rings. The first-order chi connectivity index (χ1) is 8.86. The molecular weight excluding hydrogens is 306 g/mol. The molecule has 4 N–H and O–H groups in total. The van der Waals surface area contributed by atoms with E-state index in [1.807, 2.05) is 0 Å². The van der Waals surface area contributed by atoms with Gasteiger partial charge in [0.05, 0.1) is 9.92 Å². The Labute approximate surface area is 120 Å². The number of sulfonamides is 1. The molecule has 2 rings (SSSR count). The molecule has 0 bridgehead atoms. The van der Waals surface area contributed by atoms with Crippen LogP contribution in [0, 0.1) is 0 Å². The highest BCUT2D eigenvalue weighted by molar-refractivity contribution is 7.99. The van der Waals surface area contributed by atoms with Gasteiger partial charge in [0.1, 0.15) is 5.03 Å². The van der Waals surface area contributed by atoms with Crippen molar-refractivity contribution in [2.45, 2.75) is 14.8 Å². The Morgan fingerprint density at radius 2 is 1.95 bits per heavy atom. The lowest BCUT2D eigenvalue weighted by Gasteiger charge is -2.07. The normalized spacial score (nSPS) is 11.5. The van der Waals surface area contributed by atoms with Crippen LogP contribution in [0.3, 0.4) is 0 Å². The first-order valence-corrected chi connectivity index (χ1v) is 7.82. The Balaban J connectivity index is 2.37. The van der Waals surface area contributed by atoms with Crippen LogP contribution in [0.25, 0.3) is 0 Å². The number of hydrogen-bond donors (Lipinski definition) is 2. The fourth-order valence-electron chi connectivity index (χ4n) is 1.32. The highest BCUT2D eigenvalue weighted by atomic mass is 35.5. The lowest BCUT2D eigenvalue weighted by molar-refractivity contribution is 0.597. The van der Waals surface area contributed by atoms with Gasteiger partial charge in [-0.1, -0.05) is 23.4 Å². The van der Waals surface area contributed by atoms with Gasteiger partial charge < -0.3 is 5.73 Å². The van der Waals surface area contributed by atoms with E-state index >= 15 is 0 Å². The molecule has 1 heterocycles. The van der Waals surface area contributed by atoms with Gasteiger partial charge in [0, 0.05) is 16.8 Å². The van der Waals surface area contributed by atoms with E-state index in [9.17, 15) is 8.42 Å². The fourth-order valence-corrected chi connectivity index (χ4v) is 2.88. The third kappa shape index (κ3) is 3.60. The maximum absolute atomic E-state index is 11.3. The maximum Gasteiger partial charge on any atom is 0.238 e. The molecule has 0 radical (unpaired) electrons. The van der Waals surface area contributed by atoms with Crippen LogP contribution in [-0.2, 0) is 10.0 Å². The molecule has 0 fully saturated rings. The minimum atomic E-state index is -3.75. The largest absolute Gasteiger partial charge is 0.398 e. The van der Waals surface area contributed by atoms with Crippen molar-refractivity contribution in [3.8, 4) is 0 Å². The Morgan fingerprint density at radius 3 is 2.53 bits per heavy atom. The van der Waals surface area contributed by atoms with E-state index in [1.54, 1.807) is 12.1 Å². The average molecular weight is 316 g/mol. The van der Waals surface area contributed by atoms with Crippen molar-refractivity contribution in [3.63, 3.8) is 0 Å². The molecule has 1 aromatic heterocycles. The summed E-state index contributed by atoms with van der Waals surface area (Å²) in [7, 11) is -3.75. The topological polar surface area (TPSA) is 99.1 Å². The number of nitrogen functional groups attached to an aromatic ring is 1. The summed E-state index contributed by atoms with van der Waals surface area (Å²) in [6.07, 6.45) is 1.50. The predicted molar refractivity (Wildman–Crippen MR) is 75.6 cm³/mol. The molecule has 5 nitrogen and oxygen atoms in total. The molecule has 0 spiro atoms. The third-order valence-electron chi connectivity index (χ3n) is 2.23. The van der Waals surface area contributed by atoms with Crippen LogP contribution < -0.4 is 10.9 Å². The monoisotopic (exact) mass is 315 g/mol. The van der Waals surface area contributed by atoms with Crippen molar-refractivity contribution in [3.05, 3.63) is 41.6 Å². The van der Waals surface area contributed by atoms with Crippen molar-refractivity contribution in [2.75, 3.05) is 5.73 Å². The number of pyridine rings is 1. The van der Waals surface area contributed by atoms with Crippen LogP contribution in [-0.4, -0.2) is 13.4 Å². The highest BCUT2D eigenvalue weighted by Crippen LogP contribution is 2.32. The van der Waals surface area contributed by atoms with E-state index in [0.717, 1.165) is 0 Å². The lowest BCUT2D eigenvalue weighted by atomic mass is 10.3. The maximum atomic E-state index is 11.3. The first-order valence-electron chi connectivity index (χ1n) is 5.08. The summed E-state index contributed by atoms with van der Waals surface area (Å²) in [5.74, 6) is 0. The number of rotatable bonds is 3. The zero-order chi connectivity index (χ0) is 14.0. The summed E-state index contributed by atoms with van der Waals surface area (Å²) in [5.41, 5.74) is 6.25. The molecule has 0 saturated carbocycles. The number of anilines is 1. The van der Waals surface area contributed by atoms with Gasteiger partial charge >= 0.3 is 0 Å². The summed E-state index contributed by atoms with van der Waals surface area (Å²) in [6.45, 7) is 0. The van der Waals surface area contributed by atoms with Crippen molar-refractivity contribution < 1.29 is 8.42 Å². The number of nitrogens with zero attached hydrogens (tertiary/aromatic N) is 1. The van der Waals surface area contributed by atoms with Crippen LogP contribution >= 0.6 is 23.4 Å². The number of aromatic nitrogens is 1. The minimum absolute atomic E-state index is 0.0122. The fraction of sp³-hybridized carbons (Fsp3) is 0. The third-order valence-corrected chi connectivity index (χ3v) is 4.39. The molecule has 0 saturated heterocycles. The van der Waals surface area contributed by atoms with Crippen molar-refractivity contribution in [1.82, 2.24) is 4.98 Å². The van der Waals surface area contributed by atoms with Crippen LogP contribution in [0.15, 0.2) is 51.3 Å². The van der Waals surface area contributed by atoms with E-state index in [4.69, 9.17) is 22.5 Å². The summed E-state index contributed by atoms with van der Waals surface area (Å²) < 4.78 is 22.6. The molecule has 0 aliphatic carbocycles. The average Bonchev–Trinajstić information content (AvgIpc) is 2.33. The van der Waals surface area contributed by atoms with E-state index < -0.39 is 10.0 Å². The van der Waals surface area contributed by atoms with Gasteiger partial charge in [-0.15, -0.1) is 0 Å². The summed E-state index contributed by atoms with van der Waals surface area (Å²) in [6, 6.07) is 7.69. The minimum Gasteiger partial charge on any atom is -0.398 e. The van der Waals surface area contributed by atoms with E-state index in [2.05, 4.69) is 4.98 Å². The summed E-state index contributed by atoms with van der Waals surface area (Å²) >= 11 is 6.98. The molecule has 0 unspecified atom stereocenters. The standard InChI is InChI=1S/C11H10ClN3O2S2/c12-7-1-4-11(15-6-7)18-10-5-8(19(14,16)17)2-3-9(10)13/h1-6H,13H2,(H2,14,16,17). The van der Waals surface area contributed by atoms with E-state index in [1.165, 1.54) is 36.2 Å². The molecule has 19 heavy (non-hydrogen) atoms. The van der Waals surface area contributed by atoms with Gasteiger partial charge in [0.25, 0.3) is 0 Å². The second-order valence-corrected chi connectivity index (χ2v) is 6.72. The van der Waals surface area contributed by atoms with Gasteiger partial charge in [-0.05, 0) is 30.3 Å². The lowest BCUT2D eigenvalue weighted by Crippen LogP contribution is -2.12. The van der Waals surface area contributed by atoms with Gasteiger partial charge in [-0.3, -0.25) is 0 Å².